The predicted molar refractivity (Wildman–Crippen MR) is 67.5 cm³/mol. The molecule has 7 heteroatoms. The van der Waals surface area contributed by atoms with Crippen molar-refractivity contribution in [1.29, 1.82) is 0 Å². The van der Waals surface area contributed by atoms with E-state index in [0.717, 1.165) is 12.1 Å². The minimum atomic E-state index is -4.59. The smallest absolute Gasteiger partial charge is 0.370 e. The van der Waals surface area contributed by atoms with Crippen LogP contribution < -0.4 is 5.73 Å². The molecule has 1 aromatic carbocycles. The lowest BCUT2D eigenvalue weighted by atomic mass is 10.0. The second-order valence-corrected chi connectivity index (χ2v) is 4.43. The van der Waals surface area contributed by atoms with Crippen LogP contribution in [0.4, 0.5) is 17.6 Å². The fourth-order valence-electron chi connectivity index (χ4n) is 2.14. The predicted octanol–water partition coefficient (Wildman–Crippen LogP) is 2.70. The molecule has 0 saturated carbocycles. The van der Waals surface area contributed by atoms with Crippen LogP contribution in [0.2, 0.25) is 0 Å². The lowest BCUT2D eigenvalue weighted by Crippen LogP contribution is -2.36. The molecule has 2 N–H and O–H groups in total. The maximum absolute atomic E-state index is 13.4. The summed E-state index contributed by atoms with van der Waals surface area (Å²) in [6, 6.07) is 1.97. The van der Waals surface area contributed by atoms with Gasteiger partial charge in [-0.05, 0) is 23.8 Å². The van der Waals surface area contributed by atoms with Gasteiger partial charge in [-0.15, -0.1) is 6.58 Å². The average Bonchev–Trinajstić information content (AvgIpc) is 2.70. The highest BCUT2D eigenvalue weighted by molar-refractivity contribution is 5.80. The Morgan fingerprint density at radius 1 is 1.40 bits per heavy atom. The zero-order valence-electron chi connectivity index (χ0n) is 10.5. The SMILES string of the molecule is C=CCN1C(N)=NCC1c1cc(F)cc(C(F)(F)F)c1. The topological polar surface area (TPSA) is 41.6 Å². The Morgan fingerprint density at radius 3 is 2.70 bits per heavy atom. The van der Waals surface area contributed by atoms with Gasteiger partial charge in [0, 0.05) is 6.54 Å². The quantitative estimate of drug-likeness (QED) is 0.686. The molecule has 2 rings (SSSR count). The van der Waals surface area contributed by atoms with Gasteiger partial charge >= 0.3 is 6.18 Å². The molecule has 0 bridgehead atoms. The molecule has 0 radical (unpaired) electrons. The minimum absolute atomic E-state index is 0.195. The van der Waals surface area contributed by atoms with E-state index >= 15 is 0 Å². The van der Waals surface area contributed by atoms with Crippen molar-refractivity contribution in [3.05, 3.63) is 47.8 Å². The van der Waals surface area contributed by atoms with Crippen LogP contribution >= 0.6 is 0 Å². The average molecular weight is 287 g/mol. The summed E-state index contributed by atoms with van der Waals surface area (Å²) in [5.74, 6) is -0.716. The van der Waals surface area contributed by atoms with E-state index in [4.69, 9.17) is 5.73 Å². The number of nitrogens with two attached hydrogens (primary N) is 1. The Labute approximate surface area is 113 Å². The number of alkyl halides is 3. The Balaban J connectivity index is 2.38. The number of hydrogen-bond donors (Lipinski definition) is 1. The van der Waals surface area contributed by atoms with Crippen LogP contribution in [0.5, 0.6) is 0 Å². The summed E-state index contributed by atoms with van der Waals surface area (Å²) < 4.78 is 51.5. The second kappa shape index (κ2) is 5.15. The Morgan fingerprint density at radius 2 is 2.10 bits per heavy atom. The molecule has 20 heavy (non-hydrogen) atoms. The highest BCUT2D eigenvalue weighted by Gasteiger charge is 2.34. The maximum atomic E-state index is 13.4. The number of halogens is 4. The number of rotatable bonds is 3. The van der Waals surface area contributed by atoms with Crippen LogP contribution in [0.1, 0.15) is 17.2 Å². The van der Waals surface area contributed by atoms with Crippen LogP contribution in [-0.4, -0.2) is 23.9 Å². The summed E-state index contributed by atoms with van der Waals surface area (Å²) >= 11 is 0. The lowest BCUT2D eigenvalue weighted by Gasteiger charge is -2.25. The summed E-state index contributed by atoms with van der Waals surface area (Å²) in [6.45, 7) is 4.08. The molecule has 0 spiro atoms. The molecule has 1 aromatic rings. The molecule has 1 heterocycles. The highest BCUT2D eigenvalue weighted by Crippen LogP contribution is 2.34. The van der Waals surface area contributed by atoms with Crippen molar-refractivity contribution in [3.8, 4) is 0 Å². The number of nitrogens with zero attached hydrogens (tertiary/aromatic N) is 2. The third-order valence-electron chi connectivity index (χ3n) is 3.05. The van der Waals surface area contributed by atoms with E-state index in [2.05, 4.69) is 11.6 Å². The molecule has 1 aliphatic rings. The third kappa shape index (κ3) is 2.76. The van der Waals surface area contributed by atoms with Gasteiger partial charge in [-0.1, -0.05) is 6.08 Å². The largest absolute Gasteiger partial charge is 0.416 e. The number of hydrogen-bond acceptors (Lipinski definition) is 3. The number of guanidine groups is 1. The van der Waals surface area contributed by atoms with Crippen molar-refractivity contribution >= 4 is 5.96 Å². The molecule has 108 valence electrons. The summed E-state index contributed by atoms with van der Waals surface area (Å²) in [5.41, 5.74) is 4.85. The standard InChI is InChI=1S/C13H13F4N3/c1-2-3-20-11(7-19-12(20)18)8-4-9(13(15,16)17)6-10(14)5-8/h2,4-6,11H,1,3,7H2,(H2,18,19). The van der Waals surface area contributed by atoms with Gasteiger partial charge in [-0.25, -0.2) is 4.39 Å². The van der Waals surface area contributed by atoms with Gasteiger partial charge in [0.05, 0.1) is 18.2 Å². The normalized spacial score (nSPS) is 19.1. The monoisotopic (exact) mass is 287 g/mol. The van der Waals surface area contributed by atoms with Crippen molar-refractivity contribution in [2.45, 2.75) is 12.2 Å². The van der Waals surface area contributed by atoms with E-state index in [9.17, 15) is 17.6 Å². The van der Waals surface area contributed by atoms with E-state index in [1.807, 2.05) is 0 Å². The van der Waals surface area contributed by atoms with Crippen molar-refractivity contribution in [2.75, 3.05) is 13.1 Å². The van der Waals surface area contributed by atoms with E-state index in [-0.39, 0.29) is 18.1 Å². The van der Waals surface area contributed by atoms with E-state index in [1.54, 1.807) is 11.0 Å². The fraction of sp³-hybridized carbons (Fsp3) is 0.308. The number of benzene rings is 1. The molecular weight excluding hydrogens is 274 g/mol. The molecule has 0 fully saturated rings. The van der Waals surface area contributed by atoms with Gasteiger partial charge in [0.25, 0.3) is 0 Å². The van der Waals surface area contributed by atoms with Crippen LogP contribution in [0.25, 0.3) is 0 Å². The summed E-state index contributed by atoms with van der Waals surface area (Å²) in [6.07, 6.45) is -3.03. The molecule has 0 amide bonds. The minimum Gasteiger partial charge on any atom is -0.370 e. The molecule has 1 unspecified atom stereocenters. The van der Waals surface area contributed by atoms with Gasteiger partial charge in [0.1, 0.15) is 5.82 Å². The van der Waals surface area contributed by atoms with Crippen LogP contribution in [0.15, 0.2) is 35.8 Å². The van der Waals surface area contributed by atoms with Crippen molar-refractivity contribution < 1.29 is 17.6 Å². The zero-order valence-corrected chi connectivity index (χ0v) is 10.5. The second-order valence-electron chi connectivity index (χ2n) is 4.43. The van der Waals surface area contributed by atoms with Gasteiger partial charge in [0.15, 0.2) is 5.96 Å². The van der Waals surface area contributed by atoms with Gasteiger partial charge in [-0.2, -0.15) is 13.2 Å². The van der Waals surface area contributed by atoms with Crippen LogP contribution in [0.3, 0.4) is 0 Å². The summed E-state index contributed by atoms with van der Waals surface area (Å²) in [5, 5.41) is 0. The van der Waals surface area contributed by atoms with Crippen LogP contribution in [0, 0.1) is 5.82 Å². The molecular formula is C13H13F4N3. The molecule has 3 nitrogen and oxygen atoms in total. The van der Waals surface area contributed by atoms with Gasteiger partial charge in [0.2, 0.25) is 0 Å². The Bertz CT molecular complexity index is 551. The first-order chi connectivity index (χ1) is 9.32. The van der Waals surface area contributed by atoms with Crippen molar-refractivity contribution in [3.63, 3.8) is 0 Å². The number of aliphatic imine (C=N–C) groups is 1. The first-order valence-electron chi connectivity index (χ1n) is 5.88. The Kier molecular flexibility index (Phi) is 3.69. The Hall–Kier alpha value is -2.05. The maximum Gasteiger partial charge on any atom is 0.416 e. The molecule has 0 saturated heterocycles. The first-order valence-corrected chi connectivity index (χ1v) is 5.88. The van der Waals surface area contributed by atoms with Crippen molar-refractivity contribution in [1.82, 2.24) is 4.90 Å². The first kappa shape index (κ1) is 14.4. The van der Waals surface area contributed by atoms with E-state index < -0.39 is 23.6 Å². The third-order valence-corrected chi connectivity index (χ3v) is 3.05. The zero-order chi connectivity index (χ0) is 14.9. The van der Waals surface area contributed by atoms with Gasteiger partial charge < -0.3 is 10.6 Å². The summed E-state index contributed by atoms with van der Waals surface area (Å²) in [4.78, 5) is 5.57. The highest BCUT2D eigenvalue weighted by atomic mass is 19.4. The molecule has 1 aliphatic heterocycles. The van der Waals surface area contributed by atoms with E-state index in [0.29, 0.717) is 12.6 Å². The summed E-state index contributed by atoms with van der Waals surface area (Å²) in [7, 11) is 0. The van der Waals surface area contributed by atoms with Crippen LogP contribution in [-0.2, 0) is 6.18 Å². The molecule has 0 aliphatic carbocycles. The fourth-order valence-corrected chi connectivity index (χ4v) is 2.14. The van der Waals surface area contributed by atoms with Gasteiger partial charge in [-0.3, -0.25) is 4.99 Å². The van der Waals surface area contributed by atoms with Crippen molar-refractivity contribution in [2.24, 2.45) is 10.7 Å². The van der Waals surface area contributed by atoms with E-state index in [1.165, 1.54) is 0 Å². The molecule has 0 aromatic heterocycles. The molecule has 1 atom stereocenters. The lowest BCUT2D eigenvalue weighted by molar-refractivity contribution is -0.137.